The Balaban J connectivity index is 0.000000452. The zero-order valence-electron chi connectivity index (χ0n) is 10.3. The lowest BCUT2D eigenvalue weighted by molar-refractivity contribution is -1.41. The molecule has 102 valence electrons. The third-order valence-corrected chi connectivity index (χ3v) is 2.55. The smallest absolute Gasteiger partial charge is 0.337 e. The van der Waals surface area contributed by atoms with Gasteiger partial charge in [0.05, 0.1) is 5.56 Å². The van der Waals surface area contributed by atoms with Gasteiger partial charge in [-0.15, -0.1) is 4.68 Å². The van der Waals surface area contributed by atoms with E-state index < -0.39 is 15.5 Å². The van der Waals surface area contributed by atoms with Crippen LogP contribution in [0.25, 0.3) is 17.1 Å². The number of tetrazole rings is 1. The number of H-pyrrole nitrogens is 1. The lowest BCUT2D eigenvalue weighted by Gasteiger charge is -1.97. The van der Waals surface area contributed by atoms with Crippen LogP contribution < -0.4 is 13.1 Å². The summed E-state index contributed by atoms with van der Waals surface area (Å²) in [5.41, 5.74) is 2.04. The SMILES string of the molecule is [O-][Br+][O-].c1ccc(-c2nn[nH][n+]2-c2ccccc2)cc1. The predicted molar refractivity (Wildman–Crippen MR) is 63.4 cm³/mol. The van der Waals surface area contributed by atoms with Gasteiger partial charge < -0.3 is 8.40 Å². The molecule has 0 radical (unpaired) electrons. The molecule has 3 rings (SSSR count). The molecule has 20 heavy (non-hydrogen) atoms. The summed E-state index contributed by atoms with van der Waals surface area (Å²) >= 11 is -1.44. The molecule has 1 aromatic heterocycles. The minimum absolute atomic E-state index is 0.803. The number of rotatable bonds is 2. The van der Waals surface area contributed by atoms with Crippen molar-refractivity contribution < 1.29 is 28.6 Å². The highest BCUT2D eigenvalue weighted by atomic mass is 79.9. The molecule has 7 heteroatoms. The summed E-state index contributed by atoms with van der Waals surface area (Å²) in [4.78, 5) is 0. The first-order valence-electron chi connectivity index (χ1n) is 5.70. The van der Waals surface area contributed by atoms with E-state index in [2.05, 4.69) is 15.5 Å². The van der Waals surface area contributed by atoms with Crippen LogP contribution in [0.1, 0.15) is 0 Å². The van der Waals surface area contributed by atoms with Crippen LogP contribution in [0.15, 0.2) is 60.7 Å². The first kappa shape index (κ1) is 14.3. The van der Waals surface area contributed by atoms with E-state index in [1.54, 1.807) is 0 Å². The Bertz CT molecular complexity index is 577. The number of nitrogens with one attached hydrogen (secondary N) is 1. The van der Waals surface area contributed by atoms with Crippen molar-refractivity contribution in [3.8, 4) is 17.1 Å². The van der Waals surface area contributed by atoms with Crippen LogP contribution in [0.4, 0.5) is 0 Å². The lowest BCUT2D eigenvalue weighted by atomic mass is 10.2. The highest BCUT2D eigenvalue weighted by molar-refractivity contribution is 5.51. The Morgan fingerprint density at radius 1 is 0.900 bits per heavy atom. The van der Waals surface area contributed by atoms with Gasteiger partial charge in [-0.2, -0.15) is 0 Å². The summed E-state index contributed by atoms with van der Waals surface area (Å²) in [6, 6.07) is 19.9. The van der Waals surface area contributed by atoms with Crippen molar-refractivity contribution in [2.75, 3.05) is 0 Å². The first-order chi connectivity index (χ1) is 9.86. The van der Waals surface area contributed by atoms with Crippen LogP contribution in [0.3, 0.4) is 0 Å². The van der Waals surface area contributed by atoms with Crippen molar-refractivity contribution in [3.05, 3.63) is 60.7 Å². The van der Waals surface area contributed by atoms with E-state index in [-0.39, 0.29) is 0 Å². The van der Waals surface area contributed by atoms with Gasteiger partial charge in [0.2, 0.25) is 0 Å². The second-order valence-electron chi connectivity index (χ2n) is 3.72. The van der Waals surface area contributed by atoms with E-state index in [1.807, 2.05) is 65.3 Å². The number of para-hydroxylation sites is 1. The van der Waals surface area contributed by atoms with Crippen LogP contribution >= 0.6 is 0 Å². The molecule has 2 aromatic carbocycles. The van der Waals surface area contributed by atoms with Crippen LogP contribution in [0, 0.1) is 15.5 Å². The van der Waals surface area contributed by atoms with Gasteiger partial charge in [-0.25, -0.2) is 0 Å². The topological polar surface area (TPSA) is 91.6 Å². The molecule has 1 N–H and O–H groups in total. The molecule has 0 saturated carbocycles. The van der Waals surface area contributed by atoms with E-state index in [1.165, 1.54) is 0 Å². The lowest BCUT2D eigenvalue weighted by Crippen LogP contribution is -2.34. The number of aromatic amines is 1. The van der Waals surface area contributed by atoms with Gasteiger partial charge in [-0.3, -0.25) is 0 Å². The van der Waals surface area contributed by atoms with Crippen LogP contribution in [0.5, 0.6) is 0 Å². The largest absolute Gasteiger partial charge is 0.585 e. The maximum atomic E-state index is 8.41. The molecule has 3 aromatic rings. The average Bonchev–Trinajstić information content (AvgIpc) is 2.99. The van der Waals surface area contributed by atoms with Crippen molar-refractivity contribution in [1.82, 2.24) is 15.5 Å². The van der Waals surface area contributed by atoms with Crippen molar-refractivity contribution in [2.45, 2.75) is 0 Å². The van der Waals surface area contributed by atoms with Gasteiger partial charge in [-0.1, -0.05) is 41.6 Å². The number of benzene rings is 2. The molecular weight excluding hydrogens is 324 g/mol. The summed E-state index contributed by atoms with van der Waals surface area (Å²) in [7, 11) is 0. The monoisotopic (exact) mass is 334 g/mol. The van der Waals surface area contributed by atoms with Crippen LogP contribution in [0.2, 0.25) is 0 Å². The summed E-state index contributed by atoms with van der Waals surface area (Å²) in [5, 5.41) is 10.9. The fourth-order valence-corrected chi connectivity index (χ4v) is 1.74. The Morgan fingerprint density at radius 2 is 1.45 bits per heavy atom. The summed E-state index contributed by atoms with van der Waals surface area (Å²) in [6.45, 7) is 0. The van der Waals surface area contributed by atoms with Gasteiger partial charge in [0.25, 0.3) is 0 Å². The van der Waals surface area contributed by atoms with Crippen LogP contribution in [-0.4, -0.2) is 15.5 Å². The fraction of sp³-hybridized carbons (Fsp3) is 0. The van der Waals surface area contributed by atoms with E-state index >= 15 is 0 Å². The molecule has 0 bridgehead atoms. The van der Waals surface area contributed by atoms with E-state index in [0.29, 0.717) is 0 Å². The third-order valence-electron chi connectivity index (χ3n) is 2.55. The Morgan fingerprint density at radius 3 is 2.05 bits per heavy atom. The fourth-order valence-electron chi connectivity index (χ4n) is 1.74. The molecule has 0 aliphatic rings. The summed E-state index contributed by atoms with van der Waals surface area (Å²) in [5.74, 6) is 0.803. The highest BCUT2D eigenvalue weighted by Crippen LogP contribution is 2.12. The Labute approximate surface area is 122 Å². The normalized spacial score (nSPS) is 9.70. The second kappa shape index (κ2) is 7.49. The van der Waals surface area contributed by atoms with Gasteiger partial charge in [0.15, 0.2) is 20.7 Å². The average molecular weight is 335 g/mol. The zero-order chi connectivity index (χ0) is 14.2. The summed E-state index contributed by atoms with van der Waals surface area (Å²) < 4.78 is 18.7. The molecule has 0 atom stereocenters. The quantitative estimate of drug-likeness (QED) is 0.631. The number of nitrogens with zero attached hydrogens (tertiary/aromatic N) is 3. The Kier molecular flexibility index (Phi) is 5.36. The highest BCUT2D eigenvalue weighted by Gasteiger charge is 2.17. The molecule has 0 aliphatic heterocycles. The Hall–Kier alpha value is -2.09. The molecule has 0 saturated heterocycles. The molecule has 0 aliphatic carbocycles. The number of halogens is 1. The van der Waals surface area contributed by atoms with Crippen molar-refractivity contribution in [1.29, 1.82) is 0 Å². The maximum absolute atomic E-state index is 8.41. The number of hydrogen-bond acceptors (Lipinski definition) is 4. The molecule has 0 fully saturated rings. The van der Waals surface area contributed by atoms with E-state index in [9.17, 15) is 0 Å². The first-order valence-corrected chi connectivity index (χ1v) is 6.99. The number of aromatic nitrogens is 4. The van der Waals surface area contributed by atoms with Gasteiger partial charge in [0, 0.05) is 0 Å². The number of hydrogen-bond donors (Lipinski definition) is 1. The van der Waals surface area contributed by atoms with Gasteiger partial charge >= 0.3 is 5.82 Å². The van der Waals surface area contributed by atoms with E-state index in [4.69, 9.17) is 8.40 Å². The van der Waals surface area contributed by atoms with Crippen molar-refractivity contribution in [3.63, 3.8) is 0 Å². The third kappa shape index (κ3) is 3.47. The molecule has 0 spiro atoms. The predicted octanol–water partition coefficient (Wildman–Crippen LogP) is -0.630. The maximum Gasteiger partial charge on any atom is 0.337 e. The molecule has 0 amide bonds. The second-order valence-corrected chi connectivity index (χ2v) is 3.99. The van der Waals surface area contributed by atoms with Crippen LogP contribution in [-0.2, 0) is 0 Å². The molecule has 1 heterocycles. The molecule has 6 nitrogen and oxygen atoms in total. The van der Waals surface area contributed by atoms with Crippen molar-refractivity contribution >= 4 is 0 Å². The standard InChI is InChI=1S/C13H10N4.BrO2/c1-3-7-11(8-4-1)13-14-15-16-17(13)12-9-5-2-6-10-12;2-1-3/h1-10H;/q;-1/p+1. The zero-order valence-corrected chi connectivity index (χ0v) is 11.9. The molecular formula is C13H11BrN4O2. The minimum atomic E-state index is -1.44. The van der Waals surface area contributed by atoms with Gasteiger partial charge in [0.1, 0.15) is 10.8 Å². The van der Waals surface area contributed by atoms with Gasteiger partial charge in [-0.05, 0) is 24.3 Å². The molecule has 0 unspecified atom stereocenters. The van der Waals surface area contributed by atoms with Crippen molar-refractivity contribution in [2.24, 2.45) is 0 Å². The van der Waals surface area contributed by atoms with E-state index in [0.717, 1.165) is 17.1 Å². The minimum Gasteiger partial charge on any atom is -0.585 e. The summed E-state index contributed by atoms with van der Waals surface area (Å²) in [6.07, 6.45) is 0.